The summed E-state index contributed by atoms with van der Waals surface area (Å²) in [6.07, 6.45) is 9.61. The molecular weight excluding hydrogens is 288 g/mol. The monoisotopic (exact) mass is 308 g/mol. The lowest BCUT2D eigenvalue weighted by molar-refractivity contribution is 0.263. The molecule has 23 heavy (non-hydrogen) atoms. The first-order valence-electron chi connectivity index (χ1n) is 7.99. The maximum Gasteiger partial charge on any atom is 0.145 e. The SMILES string of the molecule is CN1CCC(Nc2cncc(-c3c[nH]c4ncccc34)n2)CC1. The predicted octanol–water partition coefficient (Wildman–Crippen LogP) is 2.53. The quantitative estimate of drug-likeness (QED) is 0.778. The molecule has 0 unspecified atom stereocenters. The van der Waals surface area contributed by atoms with E-state index in [4.69, 9.17) is 4.98 Å². The lowest BCUT2D eigenvalue weighted by Gasteiger charge is -2.29. The standard InChI is InChI=1S/C17H20N6/c1-23-7-4-12(5-8-23)21-16-11-18-10-15(22-16)14-9-20-17-13(14)3-2-6-19-17/h2-3,6,9-12H,4-5,7-8H2,1H3,(H,19,20)(H,21,22). The van der Waals surface area contributed by atoms with Gasteiger partial charge in [0.05, 0.1) is 18.1 Å². The molecule has 1 aliphatic rings. The summed E-state index contributed by atoms with van der Waals surface area (Å²) in [5, 5.41) is 4.59. The topological polar surface area (TPSA) is 69.7 Å². The van der Waals surface area contributed by atoms with Gasteiger partial charge < -0.3 is 15.2 Å². The number of piperidine rings is 1. The fourth-order valence-electron chi connectivity index (χ4n) is 3.10. The van der Waals surface area contributed by atoms with E-state index in [0.717, 1.165) is 54.0 Å². The molecule has 0 atom stereocenters. The first kappa shape index (κ1) is 14.1. The number of anilines is 1. The molecule has 3 aromatic rings. The zero-order valence-corrected chi connectivity index (χ0v) is 13.2. The second-order valence-corrected chi connectivity index (χ2v) is 6.11. The van der Waals surface area contributed by atoms with Crippen LogP contribution in [0.4, 0.5) is 5.82 Å². The third-order valence-electron chi connectivity index (χ3n) is 4.43. The smallest absolute Gasteiger partial charge is 0.145 e. The maximum atomic E-state index is 4.74. The fourth-order valence-corrected chi connectivity index (χ4v) is 3.10. The average Bonchev–Trinajstić information content (AvgIpc) is 3.01. The molecule has 0 amide bonds. The number of nitrogens with zero attached hydrogens (tertiary/aromatic N) is 4. The minimum atomic E-state index is 0.473. The van der Waals surface area contributed by atoms with E-state index in [0.29, 0.717) is 6.04 Å². The van der Waals surface area contributed by atoms with Crippen LogP contribution in [0.25, 0.3) is 22.3 Å². The van der Waals surface area contributed by atoms with Crippen LogP contribution in [0.5, 0.6) is 0 Å². The number of H-pyrrole nitrogens is 1. The zero-order chi connectivity index (χ0) is 15.6. The highest BCUT2D eigenvalue weighted by Gasteiger charge is 2.17. The normalized spacial score (nSPS) is 16.7. The molecule has 2 N–H and O–H groups in total. The summed E-state index contributed by atoms with van der Waals surface area (Å²) < 4.78 is 0. The Morgan fingerprint density at radius 1 is 1.26 bits per heavy atom. The van der Waals surface area contributed by atoms with Crippen molar-refractivity contribution in [1.82, 2.24) is 24.8 Å². The van der Waals surface area contributed by atoms with Gasteiger partial charge in [-0.15, -0.1) is 0 Å². The Balaban J connectivity index is 1.59. The Labute approximate surface area is 135 Å². The second kappa shape index (κ2) is 5.96. The first-order chi connectivity index (χ1) is 11.3. The van der Waals surface area contributed by atoms with Crippen molar-refractivity contribution in [3.8, 4) is 11.3 Å². The molecule has 6 nitrogen and oxygen atoms in total. The molecule has 4 heterocycles. The van der Waals surface area contributed by atoms with Crippen LogP contribution >= 0.6 is 0 Å². The number of pyridine rings is 1. The van der Waals surface area contributed by atoms with Crippen molar-refractivity contribution < 1.29 is 0 Å². The molecule has 0 radical (unpaired) electrons. The van der Waals surface area contributed by atoms with E-state index in [2.05, 4.69) is 32.2 Å². The van der Waals surface area contributed by atoms with Crippen LogP contribution in [0.15, 0.2) is 36.9 Å². The van der Waals surface area contributed by atoms with E-state index in [1.54, 1.807) is 18.6 Å². The van der Waals surface area contributed by atoms with Crippen molar-refractivity contribution in [2.75, 3.05) is 25.5 Å². The molecule has 1 fully saturated rings. The van der Waals surface area contributed by atoms with Crippen molar-refractivity contribution in [1.29, 1.82) is 0 Å². The van der Waals surface area contributed by atoms with Crippen molar-refractivity contribution in [3.63, 3.8) is 0 Å². The fraction of sp³-hybridized carbons (Fsp3) is 0.353. The van der Waals surface area contributed by atoms with Crippen molar-refractivity contribution in [2.24, 2.45) is 0 Å². The molecule has 0 saturated carbocycles. The Kier molecular flexibility index (Phi) is 3.67. The van der Waals surface area contributed by atoms with Gasteiger partial charge in [0.1, 0.15) is 11.5 Å². The summed E-state index contributed by atoms with van der Waals surface area (Å²) in [6, 6.07) is 4.46. The number of hydrogen-bond acceptors (Lipinski definition) is 5. The van der Waals surface area contributed by atoms with Gasteiger partial charge in [0.2, 0.25) is 0 Å². The number of aromatic nitrogens is 4. The molecule has 0 aliphatic carbocycles. The summed E-state index contributed by atoms with van der Waals surface area (Å²) in [7, 11) is 2.17. The Morgan fingerprint density at radius 2 is 2.13 bits per heavy atom. The van der Waals surface area contributed by atoms with Crippen molar-refractivity contribution in [2.45, 2.75) is 18.9 Å². The number of likely N-dealkylation sites (tertiary alicyclic amines) is 1. The van der Waals surface area contributed by atoms with E-state index in [9.17, 15) is 0 Å². The van der Waals surface area contributed by atoms with Gasteiger partial charge >= 0.3 is 0 Å². The van der Waals surface area contributed by atoms with Gasteiger partial charge in [-0.3, -0.25) is 4.98 Å². The van der Waals surface area contributed by atoms with E-state index >= 15 is 0 Å². The van der Waals surface area contributed by atoms with Crippen LogP contribution < -0.4 is 5.32 Å². The first-order valence-corrected chi connectivity index (χ1v) is 7.99. The summed E-state index contributed by atoms with van der Waals surface area (Å²) >= 11 is 0. The van der Waals surface area contributed by atoms with Crippen LogP contribution in [0.3, 0.4) is 0 Å². The largest absolute Gasteiger partial charge is 0.366 e. The van der Waals surface area contributed by atoms with Gasteiger partial charge in [-0.25, -0.2) is 9.97 Å². The summed E-state index contributed by atoms with van der Waals surface area (Å²) in [4.78, 5) is 19.0. The number of nitrogens with one attached hydrogen (secondary N) is 2. The maximum absolute atomic E-state index is 4.74. The Hall–Kier alpha value is -2.47. The predicted molar refractivity (Wildman–Crippen MR) is 91.3 cm³/mol. The van der Waals surface area contributed by atoms with Gasteiger partial charge in [-0.2, -0.15) is 0 Å². The van der Waals surface area contributed by atoms with Gasteiger partial charge in [-0.05, 0) is 45.1 Å². The third kappa shape index (κ3) is 2.90. The van der Waals surface area contributed by atoms with E-state index in [1.165, 1.54) is 0 Å². The molecule has 3 aromatic heterocycles. The van der Waals surface area contributed by atoms with Gasteiger partial charge in [0.25, 0.3) is 0 Å². The third-order valence-corrected chi connectivity index (χ3v) is 4.43. The summed E-state index contributed by atoms with van der Waals surface area (Å²) in [5.41, 5.74) is 2.77. The van der Waals surface area contributed by atoms with E-state index < -0.39 is 0 Å². The second-order valence-electron chi connectivity index (χ2n) is 6.11. The van der Waals surface area contributed by atoms with Gasteiger partial charge in [0, 0.05) is 29.4 Å². The highest BCUT2D eigenvalue weighted by Crippen LogP contribution is 2.26. The minimum absolute atomic E-state index is 0.473. The minimum Gasteiger partial charge on any atom is -0.366 e. The van der Waals surface area contributed by atoms with Crippen LogP contribution in [0.1, 0.15) is 12.8 Å². The molecule has 4 rings (SSSR count). The van der Waals surface area contributed by atoms with Gasteiger partial charge in [-0.1, -0.05) is 0 Å². The molecule has 6 heteroatoms. The van der Waals surface area contributed by atoms with E-state index in [1.807, 2.05) is 18.3 Å². The number of aromatic amines is 1. The van der Waals surface area contributed by atoms with Crippen LogP contribution in [0.2, 0.25) is 0 Å². The van der Waals surface area contributed by atoms with Crippen LogP contribution in [-0.4, -0.2) is 51.0 Å². The molecule has 1 saturated heterocycles. The lowest BCUT2D eigenvalue weighted by atomic mass is 10.1. The number of hydrogen-bond donors (Lipinski definition) is 2. The van der Waals surface area contributed by atoms with Crippen LogP contribution in [0, 0.1) is 0 Å². The highest BCUT2D eigenvalue weighted by atomic mass is 15.1. The van der Waals surface area contributed by atoms with E-state index in [-0.39, 0.29) is 0 Å². The number of fused-ring (bicyclic) bond motifs is 1. The Morgan fingerprint density at radius 3 is 3.00 bits per heavy atom. The molecule has 1 aliphatic heterocycles. The van der Waals surface area contributed by atoms with Gasteiger partial charge in [0.15, 0.2) is 0 Å². The lowest BCUT2D eigenvalue weighted by Crippen LogP contribution is -2.36. The molecule has 0 spiro atoms. The molecular formula is C17H20N6. The molecule has 0 bridgehead atoms. The zero-order valence-electron chi connectivity index (χ0n) is 13.2. The van der Waals surface area contributed by atoms with Crippen LogP contribution in [-0.2, 0) is 0 Å². The number of rotatable bonds is 3. The van der Waals surface area contributed by atoms with Crippen molar-refractivity contribution in [3.05, 3.63) is 36.9 Å². The average molecular weight is 308 g/mol. The highest BCUT2D eigenvalue weighted by molar-refractivity contribution is 5.92. The molecule has 118 valence electrons. The summed E-state index contributed by atoms with van der Waals surface area (Å²) in [6.45, 7) is 2.25. The molecule has 0 aromatic carbocycles. The van der Waals surface area contributed by atoms with Crippen molar-refractivity contribution >= 4 is 16.9 Å². The summed E-state index contributed by atoms with van der Waals surface area (Å²) in [5.74, 6) is 0.843. The Bertz CT molecular complexity index is 803.